The SMILES string of the molecule is c1ccc(-c2ccc3c(c2)oc2c(-c4ccccc4)ccc(N(c4cccc(-n5c6ccccc6c6ccccc65)c4)c4cccc5c4sc4c(-c6ccccc6)cccc45)c23)cc1. The van der Waals surface area contributed by atoms with Gasteiger partial charge in [-0.25, -0.2) is 0 Å². The van der Waals surface area contributed by atoms with Crippen LogP contribution in [0.25, 0.3) is 103 Å². The van der Waals surface area contributed by atoms with Gasteiger partial charge in [0.05, 0.1) is 32.5 Å². The quantitative estimate of drug-likeness (QED) is 0.159. The average molecular weight is 835 g/mol. The van der Waals surface area contributed by atoms with Crippen molar-refractivity contribution >= 4 is 92.3 Å². The molecular weight excluding hydrogens is 797 g/mol. The summed E-state index contributed by atoms with van der Waals surface area (Å²) in [5, 5.41) is 7.11. The van der Waals surface area contributed by atoms with E-state index in [1.54, 1.807) is 0 Å². The van der Waals surface area contributed by atoms with Gasteiger partial charge in [0.25, 0.3) is 0 Å². The Labute approximate surface area is 373 Å². The van der Waals surface area contributed by atoms with Crippen molar-refractivity contribution in [3.8, 4) is 39.1 Å². The molecule has 300 valence electrons. The lowest BCUT2D eigenvalue weighted by molar-refractivity contribution is 0.670. The highest BCUT2D eigenvalue weighted by Gasteiger charge is 2.26. The molecule has 3 aromatic heterocycles. The van der Waals surface area contributed by atoms with Gasteiger partial charge in [0.15, 0.2) is 0 Å². The van der Waals surface area contributed by atoms with Gasteiger partial charge in [0.2, 0.25) is 0 Å². The summed E-state index contributed by atoms with van der Waals surface area (Å²) in [6.07, 6.45) is 0. The Kier molecular flexibility index (Phi) is 8.40. The second-order valence-corrected chi connectivity index (χ2v) is 17.4. The van der Waals surface area contributed by atoms with E-state index in [2.05, 4.69) is 240 Å². The molecule has 13 aromatic rings. The van der Waals surface area contributed by atoms with Crippen LogP contribution in [0.5, 0.6) is 0 Å². The maximum Gasteiger partial charge on any atom is 0.145 e. The minimum absolute atomic E-state index is 0.854. The molecule has 0 bridgehead atoms. The van der Waals surface area contributed by atoms with Crippen LogP contribution in [0.4, 0.5) is 17.1 Å². The van der Waals surface area contributed by atoms with E-state index in [0.29, 0.717) is 0 Å². The summed E-state index contributed by atoms with van der Waals surface area (Å²) in [5.74, 6) is 0. The molecule has 0 saturated carbocycles. The van der Waals surface area contributed by atoms with E-state index < -0.39 is 0 Å². The predicted molar refractivity (Wildman–Crippen MR) is 272 cm³/mol. The largest absolute Gasteiger partial charge is 0.455 e. The van der Waals surface area contributed by atoms with Crippen LogP contribution in [0.15, 0.2) is 235 Å². The second kappa shape index (κ2) is 14.7. The summed E-state index contributed by atoms with van der Waals surface area (Å²) in [7, 11) is 0. The Hall–Kier alpha value is -8.18. The van der Waals surface area contributed by atoms with Crippen molar-refractivity contribution in [2.75, 3.05) is 4.90 Å². The van der Waals surface area contributed by atoms with Crippen LogP contribution in [0.3, 0.4) is 0 Å². The molecule has 0 atom stereocenters. The third-order valence-electron chi connectivity index (χ3n) is 12.8. The monoisotopic (exact) mass is 834 g/mol. The van der Waals surface area contributed by atoms with Crippen molar-refractivity contribution in [1.29, 1.82) is 0 Å². The number of furan rings is 1. The number of aromatic nitrogens is 1. The van der Waals surface area contributed by atoms with E-state index in [1.165, 1.54) is 53.1 Å². The van der Waals surface area contributed by atoms with E-state index in [4.69, 9.17) is 4.42 Å². The molecule has 0 aliphatic carbocycles. The van der Waals surface area contributed by atoms with Crippen LogP contribution >= 0.6 is 11.3 Å². The Morgan fingerprint density at radius 3 is 1.69 bits per heavy atom. The molecule has 64 heavy (non-hydrogen) atoms. The normalized spacial score (nSPS) is 11.8. The highest BCUT2D eigenvalue weighted by atomic mass is 32.1. The Bertz CT molecular complexity index is 3850. The molecule has 0 amide bonds. The maximum absolute atomic E-state index is 7.11. The topological polar surface area (TPSA) is 21.3 Å². The molecule has 10 aromatic carbocycles. The van der Waals surface area contributed by atoms with E-state index in [-0.39, 0.29) is 0 Å². The van der Waals surface area contributed by atoms with Crippen LogP contribution in [0.1, 0.15) is 0 Å². The lowest BCUT2D eigenvalue weighted by atomic mass is 9.98. The third-order valence-corrected chi connectivity index (χ3v) is 14.1. The van der Waals surface area contributed by atoms with Crippen LogP contribution in [-0.2, 0) is 0 Å². The lowest BCUT2D eigenvalue weighted by Gasteiger charge is -2.28. The van der Waals surface area contributed by atoms with Crippen LogP contribution in [0.2, 0.25) is 0 Å². The van der Waals surface area contributed by atoms with E-state index in [0.717, 1.165) is 66.9 Å². The number of hydrogen-bond donors (Lipinski definition) is 0. The standard InChI is InChI=1S/C60H38N2OS/c1-4-17-39(18-5-1)42-33-34-51-56(37-42)63-58-45(40-19-6-2-7-20-40)35-36-54(57(51)58)62(44-24-14-23-43(38-44)61-52-30-12-10-25-47(52)48-26-11-13-31-53(48)61)55-32-16-29-50-49-28-15-27-46(59(49)64-60(50)55)41-21-8-3-9-22-41/h1-38H. The van der Waals surface area contributed by atoms with Gasteiger partial charge in [-0.3, -0.25) is 0 Å². The summed E-state index contributed by atoms with van der Waals surface area (Å²) >= 11 is 1.87. The number of nitrogens with zero attached hydrogens (tertiary/aromatic N) is 2. The first-order chi connectivity index (χ1) is 31.8. The molecule has 3 nitrogen and oxygen atoms in total. The highest BCUT2D eigenvalue weighted by molar-refractivity contribution is 7.27. The van der Waals surface area contributed by atoms with Gasteiger partial charge < -0.3 is 13.9 Å². The van der Waals surface area contributed by atoms with Crippen LogP contribution in [0, 0.1) is 0 Å². The molecule has 0 spiro atoms. The summed E-state index contributed by atoms with van der Waals surface area (Å²) in [6.45, 7) is 0. The van der Waals surface area contributed by atoms with Gasteiger partial charge in [-0.1, -0.05) is 170 Å². The molecule has 0 N–H and O–H groups in total. The zero-order chi connectivity index (χ0) is 42.1. The molecule has 0 aliphatic rings. The van der Waals surface area contributed by atoms with Gasteiger partial charge in [-0.15, -0.1) is 11.3 Å². The van der Waals surface area contributed by atoms with E-state index in [1.807, 2.05) is 11.3 Å². The van der Waals surface area contributed by atoms with Crippen molar-refractivity contribution in [1.82, 2.24) is 4.57 Å². The van der Waals surface area contributed by atoms with E-state index in [9.17, 15) is 0 Å². The number of benzene rings is 10. The van der Waals surface area contributed by atoms with Gasteiger partial charge >= 0.3 is 0 Å². The summed E-state index contributed by atoms with van der Waals surface area (Å²) in [6, 6.07) is 83.2. The van der Waals surface area contributed by atoms with Crippen molar-refractivity contribution in [2.45, 2.75) is 0 Å². The molecule has 0 radical (unpaired) electrons. The number of anilines is 3. The fourth-order valence-corrected chi connectivity index (χ4v) is 11.2. The highest BCUT2D eigenvalue weighted by Crippen LogP contribution is 2.51. The molecule has 13 rings (SSSR count). The summed E-state index contributed by atoms with van der Waals surface area (Å²) in [4.78, 5) is 2.48. The van der Waals surface area contributed by atoms with Crippen LogP contribution in [-0.4, -0.2) is 4.57 Å². The Balaban J connectivity index is 1.12. The average Bonchev–Trinajstić information content (AvgIpc) is 4.05. The second-order valence-electron chi connectivity index (χ2n) is 16.4. The lowest BCUT2D eigenvalue weighted by Crippen LogP contribution is -2.11. The smallest absolute Gasteiger partial charge is 0.145 e. The van der Waals surface area contributed by atoms with Crippen molar-refractivity contribution < 1.29 is 4.42 Å². The molecule has 3 heterocycles. The number of thiophene rings is 1. The fourth-order valence-electron chi connectivity index (χ4n) is 9.91. The van der Waals surface area contributed by atoms with Gasteiger partial charge in [-0.2, -0.15) is 0 Å². The van der Waals surface area contributed by atoms with Gasteiger partial charge in [0.1, 0.15) is 11.2 Å². The number of rotatable bonds is 7. The van der Waals surface area contributed by atoms with Crippen molar-refractivity contribution in [3.63, 3.8) is 0 Å². The maximum atomic E-state index is 7.11. The molecule has 0 aliphatic heterocycles. The Morgan fingerprint density at radius 2 is 0.969 bits per heavy atom. The van der Waals surface area contributed by atoms with E-state index >= 15 is 0 Å². The molecule has 0 unspecified atom stereocenters. The van der Waals surface area contributed by atoms with Crippen molar-refractivity contribution in [2.24, 2.45) is 0 Å². The first kappa shape index (κ1) is 36.5. The first-order valence-corrected chi connectivity index (χ1v) is 22.6. The molecular formula is C60H38N2OS. The number of para-hydroxylation sites is 2. The van der Waals surface area contributed by atoms with Gasteiger partial charge in [-0.05, 0) is 88.5 Å². The third kappa shape index (κ3) is 5.73. The first-order valence-electron chi connectivity index (χ1n) is 21.8. The molecule has 4 heteroatoms. The minimum Gasteiger partial charge on any atom is -0.455 e. The fraction of sp³-hybridized carbons (Fsp3) is 0. The zero-order valence-corrected chi connectivity index (χ0v) is 35.5. The summed E-state index contributed by atoms with van der Waals surface area (Å²) < 4.78 is 12.0. The molecule has 0 fully saturated rings. The minimum atomic E-state index is 0.854. The van der Waals surface area contributed by atoms with Crippen molar-refractivity contribution in [3.05, 3.63) is 231 Å². The number of fused-ring (bicyclic) bond motifs is 9. The van der Waals surface area contributed by atoms with Gasteiger partial charge in [0, 0.05) is 48.6 Å². The Morgan fingerprint density at radius 1 is 0.375 bits per heavy atom. The predicted octanol–water partition coefficient (Wildman–Crippen LogP) is 17.5. The number of hydrogen-bond acceptors (Lipinski definition) is 3. The van der Waals surface area contributed by atoms with Crippen LogP contribution < -0.4 is 4.90 Å². The summed E-state index contributed by atoms with van der Waals surface area (Å²) in [5.41, 5.74) is 15.3. The zero-order valence-electron chi connectivity index (χ0n) is 34.7. The molecule has 0 saturated heterocycles.